The molecule has 0 saturated carbocycles. The first-order valence-electron chi connectivity index (χ1n) is 6.45. The van der Waals surface area contributed by atoms with E-state index < -0.39 is 6.10 Å². The van der Waals surface area contributed by atoms with Crippen LogP contribution in [0.2, 0.25) is 0 Å². The van der Waals surface area contributed by atoms with Gasteiger partial charge >= 0.3 is 0 Å². The summed E-state index contributed by atoms with van der Waals surface area (Å²) in [5.74, 6) is 0.0231. The fraction of sp³-hybridized carbons (Fsp3) is 0.500. The molecule has 0 aliphatic rings. The smallest absolute Gasteiger partial charge is 0.221 e. The van der Waals surface area contributed by atoms with E-state index in [9.17, 15) is 14.3 Å². The molecule has 1 aromatic rings. The van der Waals surface area contributed by atoms with E-state index in [0.29, 0.717) is 18.7 Å². The first kappa shape index (κ1) is 16.4. The van der Waals surface area contributed by atoms with Gasteiger partial charge in [-0.15, -0.1) is 0 Å². The van der Waals surface area contributed by atoms with Crippen LogP contribution in [0.3, 0.4) is 0 Å². The monoisotopic (exact) mass is 284 g/mol. The van der Waals surface area contributed by atoms with E-state index >= 15 is 0 Å². The van der Waals surface area contributed by atoms with E-state index in [-0.39, 0.29) is 24.9 Å². The molecule has 6 heteroatoms. The van der Waals surface area contributed by atoms with Gasteiger partial charge in [0.2, 0.25) is 5.91 Å². The molecule has 1 unspecified atom stereocenters. The molecule has 0 spiro atoms. The van der Waals surface area contributed by atoms with Crippen molar-refractivity contribution in [3.63, 3.8) is 0 Å². The van der Waals surface area contributed by atoms with Crippen molar-refractivity contribution in [3.8, 4) is 5.75 Å². The number of nitrogens with zero attached hydrogens (tertiary/aromatic N) is 1. The van der Waals surface area contributed by atoms with E-state index in [1.165, 1.54) is 24.3 Å². The Morgan fingerprint density at radius 3 is 2.65 bits per heavy atom. The Bertz CT molecular complexity index is 409. The van der Waals surface area contributed by atoms with Crippen LogP contribution in [-0.2, 0) is 4.79 Å². The summed E-state index contributed by atoms with van der Waals surface area (Å²) in [5, 5.41) is 12.3. The maximum Gasteiger partial charge on any atom is 0.221 e. The number of aliphatic hydroxyl groups is 1. The fourth-order valence-corrected chi connectivity index (χ4v) is 1.43. The highest BCUT2D eigenvalue weighted by Gasteiger charge is 2.08. The molecule has 1 rings (SSSR count). The van der Waals surface area contributed by atoms with Crippen molar-refractivity contribution < 1.29 is 19.0 Å². The van der Waals surface area contributed by atoms with Gasteiger partial charge in [0.15, 0.2) is 0 Å². The summed E-state index contributed by atoms with van der Waals surface area (Å²) >= 11 is 0. The first-order chi connectivity index (χ1) is 9.47. The zero-order valence-electron chi connectivity index (χ0n) is 11.8. The lowest BCUT2D eigenvalue weighted by atomic mass is 10.3. The van der Waals surface area contributed by atoms with Gasteiger partial charge in [-0.25, -0.2) is 4.39 Å². The quantitative estimate of drug-likeness (QED) is 0.735. The van der Waals surface area contributed by atoms with Gasteiger partial charge in [-0.3, -0.25) is 4.79 Å². The Morgan fingerprint density at radius 1 is 1.40 bits per heavy atom. The van der Waals surface area contributed by atoms with Gasteiger partial charge in [0.1, 0.15) is 24.3 Å². The molecule has 1 atom stereocenters. The summed E-state index contributed by atoms with van der Waals surface area (Å²) in [7, 11) is 3.78. The molecule has 0 radical (unpaired) electrons. The summed E-state index contributed by atoms with van der Waals surface area (Å²) < 4.78 is 17.9. The zero-order valence-corrected chi connectivity index (χ0v) is 11.8. The zero-order chi connectivity index (χ0) is 15.0. The standard InChI is InChI=1S/C14H21FN2O3/c1-17(2)8-7-14(19)16-9-12(18)10-20-13-5-3-11(15)4-6-13/h3-6,12,18H,7-10H2,1-2H3,(H,16,19). The molecule has 0 saturated heterocycles. The van der Waals surface area contributed by atoms with Gasteiger partial charge in [0.05, 0.1) is 0 Å². The summed E-state index contributed by atoms with van der Waals surface area (Å²) in [6.45, 7) is 0.834. The Labute approximate surface area is 118 Å². The van der Waals surface area contributed by atoms with Gasteiger partial charge in [0, 0.05) is 19.5 Å². The number of hydrogen-bond donors (Lipinski definition) is 2. The number of halogens is 1. The minimum absolute atomic E-state index is 0.0413. The average molecular weight is 284 g/mol. The number of ether oxygens (including phenoxy) is 1. The molecular formula is C14H21FN2O3. The largest absolute Gasteiger partial charge is 0.491 e. The fourth-order valence-electron chi connectivity index (χ4n) is 1.43. The summed E-state index contributed by atoms with van der Waals surface area (Å²) in [4.78, 5) is 13.3. The molecule has 0 fully saturated rings. The molecule has 0 aliphatic heterocycles. The molecule has 0 heterocycles. The van der Waals surface area contributed by atoms with Gasteiger partial charge in [-0.1, -0.05) is 0 Å². The predicted octanol–water partition coefficient (Wildman–Crippen LogP) is 0.633. The molecule has 0 aliphatic carbocycles. The van der Waals surface area contributed by atoms with Crippen LogP contribution in [0.5, 0.6) is 5.75 Å². The van der Waals surface area contributed by atoms with Crippen LogP contribution in [0.15, 0.2) is 24.3 Å². The van der Waals surface area contributed by atoms with Crippen LogP contribution in [0, 0.1) is 5.82 Å². The molecule has 20 heavy (non-hydrogen) atoms. The van der Waals surface area contributed by atoms with Crippen molar-refractivity contribution >= 4 is 5.91 Å². The van der Waals surface area contributed by atoms with Gasteiger partial charge in [-0.2, -0.15) is 0 Å². The molecular weight excluding hydrogens is 263 g/mol. The number of carbonyl (C=O) groups is 1. The minimum Gasteiger partial charge on any atom is -0.491 e. The molecule has 1 amide bonds. The topological polar surface area (TPSA) is 61.8 Å². The third kappa shape index (κ3) is 7.06. The SMILES string of the molecule is CN(C)CCC(=O)NCC(O)COc1ccc(F)cc1. The van der Waals surface area contributed by atoms with Crippen molar-refractivity contribution in [2.45, 2.75) is 12.5 Å². The van der Waals surface area contributed by atoms with Crippen molar-refractivity contribution in [3.05, 3.63) is 30.1 Å². The summed E-state index contributed by atoms with van der Waals surface area (Å²) in [6.07, 6.45) is -0.415. The average Bonchev–Trinajstić information content (AvgIpc) is 2.42. The lowest BCUT2D eigenvalue weighted by molar-refractivity contribution is -0.121. The van der Waals surface area contributed by atoms with Crippen LogP contribution in [0.1, 0.15) is 6.42 Å². The highest BCUT2D eigenvalue weighted by molar-refractivity contribution is 5.76. The Kier molecular flexibility index (Phi) is 6.97. The highest BCUT2D eigenvalue weighted by atomic mass is 19.1. The second-order valence-corrected chi connectivity index (χ2v) is 4.78. The van der Waals surface area contributed by atoms with Crippen molar-refractivity contribution in [2.75, 3.05) is 33.8 Å². The number of aliphatic hydroxyl groups excluding tert-OH is 1. The number of carbonyl (C=O) groups excluding carboxylic acids is 1. The van der Waals surface area contributed by atoms with Crippen molar-refractivity contribution in [1.82, 2.24) is 10.2 Å². The third-order valence-electron chi connectivity index (χ3n) is 2.58. The van der Waals surface area contributed by atoms with Gasteiger partial charge in [0.25, 0.3) is 0 Å². The number of amides is 1. The molecule has 0 bridgehead atoms. The molecule has 5 nitrogen and oxygen atoms in total. The number of benzene rings is 1. The van der Waals surface area contributed by atoms with E-state index in [0.717, 1.165) is 0 Å². The molecule has 0 aromatic heterocycles. The third-order valence-corrected chi connectivity index (χ3v) is 2.58. The van der Waals surface area contributed by atoms with Gasteiger partial charge in [-0.05, 0) is 38.4 Å². The van der Waals surface area contributed by atoms with E-state index in [2.05, 4.69) is 5.32 Å². The number of nitrogens with one attached hydrogen (secondary N) is 1. The highest BCUT2D eigenvalue weighted by Crippen LogP contribution is 2.11. The van der Waals surface area contributed by atoms with Crippen LogP contribution in [-0.4, -0.2) is 55.8 Å². The first-order valence-corrected chi connectivity index (χ1v) is 6.45. The molecule has 2 N–H and O–H groups in total. The Hall–Kier alpha value is -1.66. The number of hydrogen-bond acceptors (Lipinski definition) is 4. The number of rotatable bonds is 8. The lowest BCUT2D eigenvalue weighted by Crippen LogP contribution is -2.36. The van der Waals surface area contributed by atoms with Crippen LogP contribution in [0.4, 0.5) is 4.39 Å². The van der Waals surface area contributed by atoms with E-state index in [1.54, 1.807) is 0 Å². The molecule has 1 aromatic carbocycles. The van der Waals surface area contributed by atoms with E-state index in [1.807, 2.05) is 19.0 Å². The summed E-state index contributed by atoms with van der Waals surface area (Å²) in [6, 6.07) is 5.53. The van der Waals surface area contributed by atoms with Crippen molar-refractivity contribution in [2.24, 2.45) is 0 Å². The van der Waals surface area contributed by atoms with Crippen LogP contribution < -0.4 is 10.1 Å². The van der Waals surface area contributed by atoms with Gasteiger partial charge < -0.3 is 20.1 Å². The Morgan fingerprint density at radius 2 is 2.05 bits per heavy atom. The van der Waals surface area contributed by atoms with E-state index in [4.69, 9.17) is 4.74 Å². The Balaban J connectivity index is 2.18. The second kappa shape index (κ2) is 8.50. The van der Waals surface area contributed by atoms with Crippen LogP contribution >= 0.6 is 0 Å². The maximum atomic E-state index is 12.7. The summed E-state index contributed by atoms with van der Waals surface area (Å²) in [5.41, 5.74) is 0. The maximum absolute atomic E-state index is 12.7. The lowest BCUT2D eigenvalue weighted by Gasteiger charge is -2.14. The normalized spacial score (nSPS) is 12.2. The predicted molar refractivity (Wildman–Crippen MR) is 74.1 cm³/mol. The molecule has 112 valence electrons. The van der Waals surface area contributed by atoms with Crippen molar-refractivity contribution in [1.29, 1.82) is 0 Å². The van der Waals surface area contributed by atoms with Crippen LogP contribution in [0.25, 0.3) is 0 Å². The minimum atomic E-state index is -0.802. The second-order valence-electron chi connectivity index (χ2n) is 4.78.